The van der Waals surface area contributed by atoms with E-state index < -0.39 is 12.1 Å². The highest BCUT2D eigenvalue weighted by atomic mass is 19.4. The minimum Gasteiger partial charge on any atom is -0.393 e. The van der Waals surface area contributed by atoms with Crippen LogP contribution in [0.5, 0.6) is 0 Å². The van der Waals surface area contributed by atoms with Gasteiger partial charge in [-0.1, -0.05) is 19.3 Å². The number of guanidine groups is 1. The van der Waals surface area contributed by atoms with Crippen molar-refractivity contribution in [2.75, 3.05) is 20.1 Å². The van der Waals surface area contributed by atoms with Crippen LogP contribution in [-0.2, 0) is 0 Å². The summed E-state index contributed by atoms with van der Waals surface area (Å²) in [6, 6.07) is 0. The summed E-state index contributed by atoms with van der Waals surface area (Å²) in [7, 11) is 1.61. The van der Waals surface area contributed by atoms with E-state index in [9.17, 15) is 18.3 Å². The fourth-order valence-electron chi connectivity index (χ4n) is 3.81. The third-order valence-corrected chi connectivity index (χ3v) is 5.24. The Hall–Kier alpha value is -0.980. The minimum atomic E-state index is -4.11. The third-order valence-electron chi connectivity index (χ3n) is 5.24. The number of aliphatic hydroxyl groups excluding tert-OH is 1. The predicted molar refractivity (Wildman–Crippen MR) is 84.2 cm³/mol. The smallest absolute Gasteiger partial charge is 0.392 e. The molecule has 2 fully saturated rings. The molecule has 0 aliphatic heterocycles. The molecule has 2 aliphatic rings. The molecule has 0 aromatic heterocycles. The number of rotatable bonds is 4. The summed E-state index contributed by atoms with van der Waals surface area (Å²) in [5.41, 5.74) is 0. The van der Waals surface area contributed by atoms with Crippen LogP contribution >= 0.6 is 0 Å². The van der Waals surface area contributed by atoms with E-state index in [0.717, 1.165) is 25.7 Å². The maximum Gasteiger partial charge on any atom is 0.392 e. The lowest BCUT2D eigenvalue weighted by molar-refractivity contribution is -0.195. The first kappa shape index (κ1) is 18.4. The fraction of sp³-hybridized carbons (Fsp3) is 0.938. The average Bonchev–Trinajstić information content (AvgIpc) is 2.92. The van der Waals surface area contributed by atoms with Gasteiger partial charge in [-0.15, -0.1) is 0 Å². The van der Waals surface area contributed by atoms with Crippen molar-refractivity contribution >= 4 is 5.96 Å². The minimum absolute atomic E-state index is 0.200. The van der Waals surface area contributed by atoms with Gasteiger partial charge in [-0.2, -0.15) is 13.2 Å². The molecule has 4 nitrogen and oxygen atoms in total. The molecule has 7 heteroatoms. The van der Waals surface area contributed by atoms with E-state index in [0.29, 0.717) is 25.3 Å². The van der Waals surface area contributed by atoms with Gasteiger partial charge in [0.05, 0.1) is 12.0 Å². The highest BCUT2D eigenvalue weighted by Crippen LogP contribution is 2.41. The van der Waals surface area contributed by atoms with Gasteiger partial charge < -0.3 is 15.7 Å². The summed E-state index contributed by atoms with van der Waals surface area (Å²) < 4.78 is 39.3. The van der Waals surface area contributed by atoms with Crippen LogP contribution in [0.1, 0.15) is 44.9 Å². The highest BCUT2D eigenvalue weighted by molar-refractivity contribution is 5.79. The maximum atomic E-state index is 13.1. The van der Waals surface area contributed by atoms with E-state index in [1.165, 1.54) is 0 Å². The van der Waals surface area contributed by atoms with Gasteiger partial charge in [-0.05, 0) is 31.6 Å². The van der Waals surface area contributed by atoms with Crippen LogP contribution in [0.2, 0.25) is 0 Å². The van der Waals surface area contributed by atoms with Crippen molar-refractivity contribution in [3.63, 3.8) is 0 Å². The molecule has 0 saturated heterocycles. The van der Waals surface area contributed by atoms with Gasteiger partial charge in [0.15, 0.2) is 5.96 Å². The van der Waals surface area contributed by atoms with Crippen molar-refractivity contribution in [2.24, 2.45) is 22.7 Å². The average molecular weight is 335 g/mol. The van der Waals surface area contributed by atoms with Crippen LogP contribution in [0.25, 0.3) is 0 Å². The first-order chi connectivity index (χ1) is 10.9. The molecular weight excluding hydrogens is 307 g/mol. The van der Waals surface area contributed by atoms with Gasteiger partial charge >= 0.3 is 6.18 Å². The molecule has 0 spiro atoms. The lowest BCUT2D eigenvalue weighted by Gasteiger charge is -2.33. The van der Waals surface area contributed by atoms with E-state index in [4.69, 9.17) is 0 Å². The summed E-state index contributed by atoms with van der Waals surface area (Å²) in [6.07, 6.45) is 0.788. The molecule has 0 heterocycles. The number of nitrogens with one attached hydrogen (secondary N) is 2. The van der Waals surface area contributed by atoms with Crippen molar-refractivity contribution < 1.29 is 18.3 Å². The molecule has 3 N–H and O–H groups in total. The zero-order valence-corrected chi connectivity index (χ0v) is 13.7. The van der Waals surface area contributed by atoms with E-state index in [1.807, 2.05) is 0 Å². The van der Waals surface area contributed by atoms with E-state index in [-0.39, 0.29) is 30.9 Å². The molecule has 2 rings (SSSR count). The first-order valence-electron chi connectivity index (χ1n) is 8.61. The molecule has 134 valence electrons. The van der Waals surface area contributed by atoms with Gasteiger partial charge in [-0.25, -0.2) is 0 Å². The largest absolute Gasteiger partial charge is 0.393 e. The number of hydrogen-bond acceptors (Lipinski definition) is 2. The second-order valence-corrected chi connectivity index (χ2v) is 6.78. The number of hydrogen-bond donors (Lipinski definition) is 3. The van der Waals surface area contributed by atoms with Crippen molar-refractivity contribution in [1.29, 1.82) is 0 Å². The topological polar surface area (TPSA) is 56.7 Å². The van der Waals surface area contributed by atoms with Crippen LogP contribution in [0.3, 0.4) is 0 Å². The molecule has 4 atom stereocenters. The second-order valence-electron chi connectivity index (χ2n) is 6.78. The van der Waals surface area contributed by atoms with Gasteiger partial charge in [0.2, 0.25) is 0 Å². The van der Waals surface area contributed by atoms with Crippen LogP contribution in [0.15, 0.2) is 4.99 Å². The summed E-state index contributed by atoms with van der Waals surface area (Å²) in [5.74, 6) is -0.875. The highest BCUT2D eigenvalue weighted by Gasteiger charge is 2.45. The number of aliphatic imine (C=N–C) groups is 1. The third kappa shape index (κ3) is 5.26. The maximum absolute atomic E-state index is 13.1. The molecule has 2 saturated carbocycles. The molecule has 23 heavy (non-hydrogen) atoms. The molecule has 4 unspecified atom stereocenters. The van der Waals surface area contributed by atoms with Gasteiger partial charge in [0.25, 0.3) is 0 Å². The van der Waals surface area contributed by atoms with Gasteiger partial charge in [-0.3, -0.25) is 4.99 Å². The summed E-state index contributed by atoms with van der Waals surface area (Å²) in [6.45, 7) is 0.894. The summed E-state index contributed by atoms with van der Waals surface area (Å²) in [4.78, 5) is 4.08. The van der Waals surface area contributed by atoms with Gasteiger partial charge in [0, 0.05) is 26.1 Å². The van der Waals surface area contributed by atoms with E-state index in [1.54, 1.807) is 7.05 Å². The van der Waals surface area contributed by atoms with Crippen molar-refractivity contribution in [1.82, 2.24) is 10.6 Å². The quantitative estimate of drug-likeness (QED) is 0.547. The number of nitrogens with zero attached hydrogens (tertiary/aromatic N) is 1. The molecule has 0 bridgehead atoms. The standard InChI is InChI=1S/C16H28F3N3O/c1-20-15(22-10-12-6-4-8-14(12)23)21-9-11-5-2-3-7-13(11)16(17,18)19/h11-14,23H,2-10H2,1H3,(H2,20,21,22). The lowest BCUT2D eigenvalue weighted by Crippen LogP contribution is -2.45. The Balaban J connectivity index is 1.79. The van der Waals surface area contributed by atoms with Crippen LogP contribution in [-0.4, -0.2) is 43.5 Å². The normalized spacial score (nSPS) is 32.8. The predicted octanol–water partition coefficient (Wildman–Crippen LogP) is 2.68. The molecule has 2 aliphatic carbocycles. The summed E-state index contributed by atoms with van der Waals surface area (Å²) >= 11 is 0. The molecular formula is C16H28F3N3O. The molecule has 0 amide bonds. The fourth-order valence-corrected chi connectivity index (χ4v) is 3.81. The van der Waals surface area contributed by atoms with Gasteiger partial charge in [0.1, 0.15) is 0 Å². The Kier molecular flexibility index (Phi) is 6.56. The van der Waals surface area contributed by atoms with Crippen LogP contribution in [0, 0.1) is 17.8 Å². The Labute approximate surface area is 135 Å². The Morgan fingerprint density at radius 1 is 1.00 bits per heavy atom. The SMILES string of the molecule is CN=C(NCC1CCCC1O)NCC1CCCCC1C(F)(F)F. The van der Waals surface area contributed by atoms with E-state index >= 15 is 0 Å². The molecule has 0 radical (unpaired) electrons. The van der Waals surface area contributed by atoms with E-state index in [2.05, 4.69) is 15.6 Å². The Morgan fingerprint density at radius 2 is 1.61 bits per heavy atom. The molecule has 0 aromatic rings. The zero-order valence-electron chi connectivity index (χ0n) is 13.7. The second kappa shape index (κ2) is 8.22. The number of aliphatic hydroxyl groups is 1. The van der Waals surface area contributed by atoms with Crippen LogP contribution < -0.4 is 10.6 Å². The summed E-state index contributed by atoms with van der Waals surface area (Å²) in [5, 5.41) is 16.0. The van der Waals surface area contributed by atoms with Crippen molar-refractivity contribution in [3.8, 4) is 0 Å². The zero-order chi connectivity index (χ0) is 16.9. The first-order valence-corrected chi connectivity index (χ1v) is 8.61. The number of halogens is 3. The van der Waals surface area contributed by atoms with Crippen molar-refractivity contribution in [3.05, 3.63) is 0 Å². The van der Waals surface area contributed by atoms with Crippen molar-refractivity contribution in [2.45, 2.75) is 57.2 Å². The Morgan fingerprint density at radius 3 is 2.17 bits per heavy atom. The number of alkyl halides is 3. The Bertz CT molecular complexity index is 401. The van der Waals surface area contributed by atoms with Crippen LogP contribution in [0.4, 0.5) is 13.2 Å². The molecule has 0 aromatic carbocycles. The monoisotopic (exact) mass is 335 g/mol. The lowest BCUT2D eigenvalue weighted by atomic mass is 9.79.